The van der Waals surface area contributed by atoms with Crippen LogP contribution in [0.3, 0.4) is 0 Å². The van der Waals surface area contributed by atoms with Crippen LogP contribution in [-0.4, -0.2) is 31.6 Å². The summed E-state index contributed by atoms with van der Waals surface area (Å²) in [5.74, 6) is 0.918. The van der Waals surface area contributed by atoms with E-state index in [4.69, 9.17) is 4.99 Å². The highest BCUT2D eigenvalue weighted by atomic mass is 32.1. The predicted octanol–water partition coefficient (Wildman–Crippen LogP) is 3.39. The van der Waals surface area contributed by atoms with Gasteiger partial charge in [0.05, 0.1) is 6.54 Å². The lowest BCUT2D eigenvalue weighted by molar-refractivity contribution is 0.649. The predicted molar refractivity (Wildman–Crippen MR) is 104 cm³/mol. The van der Waals surface area contributed by atoms with Crippen LogP contribution in [0.2, 0.25) is 0 Å². The topological polar surface area (TPSA) is 39.7 Å². The fraction of sp³-hybridized carbons (Fsp3) is 0.421. The van der Waals surface area contributed by atoms with Crippen LogP contribution >= 0.6 is 11.3 Å². The van der Waals surface area contributed by atoms with Gasteiger partial charge in [-0.15, -0.1) is 11.3 Å². The molecule has 2 N–H and O–H groups in total. The van der Waals surface area contributed by atoms with Crippen molar-refractivity contribution < 1.29 is 0 Å². The minimum atomic E-state index is 0.437. The van der Waals surface area contributed by atoms with Gasteiger partial charge in [0.1, 0.15) is 0 Å². The SMILES string of the molecule is CCNC(=NCc1cccs1)NC1CCN(c2ccc(C)cc2)C1. The zero-order valence-corrected chi connectivity index (χ0v) is 15.3. The van der Waals surface area contributed by atoms with Gasteiger partial charge < -0.3 is 15.5 Å². The summed E-state index contributed by atoms with van der Waals surface area (Å²) in [5, 5.41) is 9.05. The number of aryl methyl sites for hydroxylation is 1. The Morgan fingerprint density at radius 2 is 2.12 bits per heavy atom. The fourth-order valence-corrected chi connectivity index (χ4v) is 3.57. The van der Waals surface area contributed by atoms with Crippen molar-refractivity contribution in [2.45, 2.75) is 32.9 Å². The van der Waals surface area contributed by atoms with Crippen LogP contribution in [0.4, 0.5) is 5.69 Å². The zero-order chi connectivity index (χ0) is 16.8. The Morgan fingerprint density at radius 1 is 1.29 bits per heavy atom. The Kier molecular flexibility index (Phi) is 5.75. The Morgan fingerprint density at radius 3 is 2.83 bits per heavy atom. The highest BCUT2D eigenvalue weighted by Gasteiger charge is 2.23. The van der Waals surface area contributed by atoms with E-state index in [1.807, 2.05) is 0 Å². The van der Waals surface area contributed by atoms with Crippen molar-refractivity contribution in [1.29, 1.82) is 0 Å². The van der Waals surface area contributed by atoms with Crippen molar-refractivity contribution in [1.82, 2.24) is 10.6 Å². The van der Waals surface area contributed by atoms with Gasteiger partial charge in [0.15, 0.2) is 5.96 Å². The first-order valence-electron chi connectivity index (χ1n) is 8.63. The molecule has 1 atom stereocenters. The van der Waals surface area contributed by atoms with E-state index in [1.54, 1.807) is 11.3 Å². The van der Waals surface area contributed by atoms with Crippen LogP contribution in [0.1, 0.15) is 23.8 Å². The molecule has 0 saturated carbocycles. The van der Waals surface area contributed by atoms with Crippen LogP contribution < -0.4 is 15.5 Å². The molecule has 4 nitrogen and oxygen atoms in total. The molecule has 1 aliphatic heterocycles. The number of anilines is 1. The lowest BCUT2D eigenvalue weighted by atomic mass is 10.2. The van der Waals surface area contributed by atoms with Crippen LogP contribution in [0, 0.1) is 6.92 Å². The Bertz CT molecular complexity index is 649. The van der Waals surface area contributed by atoms with Crippen molar-refractivity contribution in [2.24, 2.45) is 4.99 Å². The van der Waals surface area contributed by atoms with Crippen molar-refractivity contribution in [3.8, 4) is 0 Å². The number of guanidine groups is 1. The number of benzene rings is 1. The molecule has 0 radical (unpaired) electrons. The molecular formula is C19H26N4S. The Balaban J connectivity index is 1.57. The van der Waals surface area contributed by atoms with Crippen LogP contribution in [0.5, 0.6) is 0 Å². The molecule has 24 heavy (non-hydrogen) atoms. The smallest absolute Gasteiger partial charge is 0.191 e. The highest BCUT2D eigenvalue weighted by Crippen LogP contribution is 2.20. The average molecular weight is 343 g/mol. The van der Waals surface area contributed by atoms with Gasteiger partial charge in [-0.05, 0) is 43.8 Å². The van der Waals surface area contributed by atoms with E-state index in [2.05, 4.69) is 71.2 Å². The summed E-state index contributed by atoms with van der Waals surface area (Å²) < 4.78 is 0. The van der Waals surface area contributed by atoms with E-state index >= 15 is 0 Å². The van der Waals surface area contributed by atoms with Crippen LogP contribution in [0.15, 0.2) is 46.8 Å². The molecule has 0 aliphatic carbocycles. The first-order chi connectivity index (χ1) is 11.7. The molecule has 0 spiro atoms. The van der Waals surface area contributed by atoms with Gasteiger partial charge >= 0.3 is 0 Å². The number of thiophene rings is 1. The number of aliphatic imine (C=N–C) groups is 1. The molecule has 1 aliphatic rings. The quantitative estimate of drug-likeness (QED) is 0.646. The molecule has 1 fully saturated rings. The number of rotatable bonds is 5. The minimum Gasteiger partial charge on any atom is -0.369 e. The maximum absolute atomic E-state index is 4.72. The van der Waals surface area contributed by atoms with Gasteiger partial charge in [-0.2, -0.15) is 0 Å². The maximum Gasteiger partial charge on any atom is 0.191 e. The number of nitrogens with one attached hydrogen (secondary N) is 2. The van der Waals surface area contributed by atoms with Crippen molar-refractivity contribution in [3.63, 3.8) is 0 Å². The van der Waals surface area contributed by atoms with Crippen LogP contribution in [-0.2, 0) is 6.54 Å². The maximum atomic E-state index is 4.72. The number of hydrogen-bond acceptors (Lipinski definition) is 3. The third-order valence-electron chi connectivity index (χ3n) is 4.25. The zero-order valence-electron chi connectivity index (χ0n) is 14.5. The third kappa shape index (κ3) is 4.51. The summed E-state index contributed by atoms with van der Waals surface area (Å²) in [6.45, 7) is 7.96. The molecule has 0 bridgehead atoms. The van der Waals surface area contributed by atoms with Gasteiger partial charge in [0, 0.05) is 36.2 Å². The van der Waals surface area contributed by atoms with Gasteiger partial charge in [-0.1, -0.05) is 23.8 Å². The van der Waals surface area contributed by atoms with E-state index in [1.165, 1.54) is 16.1 Å². The van der Waals surface area contributed by atoms with Gasteiger partial charge in [0.2, 0.25) is 0 Å². The summed E-state index contributed by atoms with van der Waals surface area (Å²) in [5.41, 5.74) is 2.62. The second-order valence-electron chi connectivity index (χ2n) is 6.19. The molecule has 1 aromatic heterocycles. The Hall–Kier alpha value is -2.01. The molecular weight excluding hydrogens is 316 g/mol. The fourth-order valence-electron chi connectivity index (χ4n) is 2.94. The van der Waals surface area contributed by atoms with Crippen molar-refractivity contribution >= 4 is 23.0 Å². The molecule has 2 heterocycles. The van der Waals surface area contributed by atoms with E-state index in [0.29, 0.717) is 6.04 Å². The van der Waals surface area contributed by atoms with Gasteiger partial charge in [-0.25, -0.2) is 4.99 Å². The lowest BCUT2D eigenvalue weighted by Crippen LogP contribution is -2.44. The largest absolute Gasteiger partial charge is 0.369 e. The highest BCUT2D eigenvalue weighted by molar-refractivity contribution is 7.09. The van der Waals surface area contributed by atoms with E-state index in [9.17, 15) is 0 Å². The molecule has 0 amide bonds. The average Bonchev–Trinajstić information content (AvgIpc) is 3.25. The molecule has 128 valence electrons. The minimum absolute atomic E-state index is 0.437. The second kappa shape index (κ2) is 8.20. The first kappa shape index (κ1) is 16.8. The normalized spacial score (nSPS) is 18.0. The van der Waals surface area contributed by atoms with E-state index in [0.717, 1.165) is 38.6 Å². The monoisotopic (exact) mass is 342 g/mol. The van der Waals surface area contributed by atoms with Gasteiger partial charge in [-0.3, -0.25) is 0 Å². The first-order valence-corrected chi connectivity index (χ1v) is 9.51. The summed E-state index contributed by atoms with van der Waals surface area (Å²) in [7, 11) is 0. The Labute approximate surface area is 148 Å². The molecule has 5 heteroatoms. The molecule has 1 aromatic carbocycles. The third-order valence-corrected chi connectivity index (χ3v) is 5.11. The standard InChI is InChI=1S/C19H26N4S/c1-3-20-19(21-13-18-5-4-12-24-18)22-16-10-11-23(14-16)17-8-6-15(2)7-9-17/h4-9,12,16H,3,10-11,13-14H2,1-2H3,(H2,20,21,22). The number of hydrogen-bond donors (Lipinski definition) is 2. The summed E-state index contributed by atoms with van der Waals surface area (Å²) >= 11 is 1.75. The van der Waals surface area contributed by atoms with Crippen molar-refractivity contribution in [2.75, 3.05) is 24.5 Å². The second-order valence-corrected chi connectivity index (χ2v) is 7.22. The summed E-state index contributed by atoms with van der Waals surface area (Å²) in [6.07, 6.45) is 1.14. The lowest BCUT2D eigenvalue weighted by Gasteiger charge is -2.20. The number of nitrogens with zero attached hydrogens (tertiary/aromatic N) is 2. The molecule has 2 aromatic rings. The molecule has 3 rings (SSSR count). The van der Waals surface area contributed by atoms with E-state index in [-0.39, 0.29) is 0 Å². The summed E-state index contributed by atoms with van der Waals surface area (Å²) in [4.78, 5) is 8.45. The van der Waals surface area contributed by atoms with Crippen molar-refractivity contribution in [3.05, 3.63) is 52.2 Å². The van der Waals surface area contributed by atoms with Crippen LogP contribution in [0.25, 0.3) is 0 Å². The van der Waals surface area contributed by atoms with E-state index < -0.39 is 0 Å². The van der Waals surface area contributed by atoms with Gasteiger partial charge in [0.25, 0.3) is 0 Å². The molecule has 1 saturated heterocycles. The summed E-state index contributed by atoms with van der Waals surface area (Å²) in [6, 6.07) is 13.4. The molecule has 1 unspecified atom stereocenters.